The molecule has 0 radical (unpaired) electrons. The number of hydrogen-bond acceptors (Lipinski definition) is 2. The molecule has 1 unspecified atom stereocenters. The van der Waals surface area contributed by atoms with E-state index in [0.29, 0.717) is 6.54 Å². The summed E-state index contributed by atoms with van der Waals surface area (Å²) in [5, 5.41) is 2.15. The summed E-state index contributed by atoms with van der Waals surface area (Å²) in [7, 11) is 0. The molecule has 0 aliphatic heterocycles. The number of alkyl halides is 3. The Morgan fingerprint density at radius 2 is 2.08 bits per heavy atom. The fourth-order valence-corrected chi connectivity index (χ4v) is 0.616. The monoisotopic (exact) mass is 198 g/mol. The summed E-state index contributed by atoms with van der Waals surface area (Å²) in [6.07, 6.45) is -5.86. The molecule has 0 aromatic heterocycles. The summed E-state index contributed by atoms with van der Waals surface area (Å²) in [5.41, 5.74) is 5.21. The molecular formula is C7H13F3N2O. The van der Waals surface area contributed by atoms with Crippen molar-refractivity contribution in [3.05, 3.63) is 0 Å². The van der Waals surface area contributed by atoms with Gasteiger partial charge in [0, 0.05) is 6.54 Å². The minimum absolute atomic E-state index is 0.00261. The number of amides is 1. The number of nitrogens with one attached hydrogen (secondary N) is 1. The van der Waals surface area contributed by atoms with Gasteiger partial charge in [0.1, 0.15) is 6.42 Å². The van der Waals surface area contributed by atoms with Crippen LogP contribution in [0.2, 0.25) is 0 Å². The van der Waals surface area contributed by atoms with Gasteiger partial charge in [-0.15, -0.1) is 0 Å². The summed E-state index contributed by atoms with van der Waals surface area (Å²) in [4.78, 5) is 10.6. The van der Waals surface area contributed by atoms with E-state index in [0.717, 1.165) is 0 Å². The van der Waals surface area contributed by atoms with Gasteiger partial charge in [-0.2, -0.15) is 13.2 Å². The lowest BCUT2D eigenvalue weighted by Gasteiger charge is -2.10. The highest BCUT2D eigenvalue weighted by Gasteiger charge is 2.30. The van der Waals surface area contributed by atoms with Crippen LogP contribution in [0, 0.1) is 5.92 Å². The van der Waals surface area contributed by atoms with E-state index in [2.05, 4.69) is 5.32 Å². The van der Waals surface area contributed by atoms with Crippen LogP contribution in [-0.4, -0.2) is 25.2 Å². The lowest BCUT2D eigenvalue weighted by molar-refractivity contribution is -0.153. The molecule has 13 heavy (non-hydrogen) atoms. The summed E-state index contributed by atoms with van der Waals surface area (Å²) >= 11 is 0. The summed E-state index contributed by atoms with van der Waals surface area (Å²) < 4.78 is 34.9. The molecule has 1 atom stereocenters. The molecule has 0 saturated heterocycles. The van der Waals surface area contributed by atoms with E-state index in [9.17, 15) is 18.0 Å². The van der Waals surface area contributed by atoms with Crippen LogP contribution in [0.25, 0.3) is 0 Å². The van der Waals surface area contributed by atoms with Crippen LogP contribution in [0.15, 0.2) is 0 Å². The fourth-order valence-electron chi connectivity index (χ4n) is 0.616. The van der Waals surface area contributed by atoms with Crippen LogP contribution < -0.4 is 11.1 Å². The fraction of sp³-hybridized carbons (Fsp3) is 0.857. The maximum Gasteiger partial charge on any atom is 0.397 e. The van der Waals surface area contributed by atoms with Crippen LogP contribution in [0.3, 0.4) is 0 Å². The Kier molecular flexibility index (Phi) is 4.76. The molecule has 0 bridgehead atoms. The highest BCUT2D eigenvalue weighted by atomic mass is 19.4. The second-order valence-corrected chi connectivity index (χ2v) is 2.94. The van der Waals surface area contributed by atoms with Crippen molar-refractivity contribution in [2.24, 2.45) is 11.7 Å². The Labute approximate surface area is 74.5 Å². The van der Waals surface area contributed by atoms with Gasteiger partial charge in [-0.1, -0.05) is 6.92 Å². The third-order valence-electron chi connectivity index (χ3n) is 1.41. The zero-order chi connectivity index (χ0) is 10.5. The molecule has 0 fully saturated rings. The van der Waals surface area contributed by atoms with Crippen molar-refractivity contribution in [1.82, 2.24) is 5.32 Å². The van der Waals surface area contributed by atoms with Crippen LogP contribution in [-0.2, 0) is 4.79 Å². The minimum atomic E-state index is -4.43. The minimum Gasteiger partial charge on any atom is -0.355 e. The van der Waals surface area contributed by atoms with Crippen molar-refractivity contribution in [3.63, 3.8) is 0 Å². The first-order valence-corrected chi connectivity index (χ1v) is 3.88. The van der Waals surface area contributed by atoms with Crippen molar-refractivity contribution in [1.29, 1.82) is 0 Å². The van der Waals surface area contributed by atoms with Gasteiger partial charge >= 0.3 is 6.18 Å². The molecule has 0 spiro atoms. The van der Waals surface area contributed by atoms with Gasteiger partial charge in [0.05, 0.1) is 0 Å². The first-order chi connectivity index (χ1) is 5.85. The molecule has 6 heteroatoms. The molecule has 0 saturated carbocycles. The van der Waals surface area contributed by atoms with E-state index in [1.807, 2.05) is 0 Å². The van der Waals surface area contributed by atoms with Gasteiger partial charge in [0.25, 0.3) is 0 Å². The van der Waals surface area contributed by atoms with Gasteiger partial charge in [-0.05, 0) is 12.5 Å². The number of carbonyl (C=O) groups excluding carboxylic acids is 1. The van der Waals surface area contributed by atoms with E-state index < -0.39 is 18.5 Å². The average Bonchev–Trinajstić information content (AvgIpc) is 1.97. The predicted molar refractivity (Wildman–Crippen MR) is 41.9 cm³/mol. The van der Waals surface area contributed by atoms with E-state index >= 15 is 0 Å². The molecule has 0 aromatic rings. The standard InChI is InChI=1S/C7H13F3N2O/c1-5(3-11)4-12-6(13)2-7(8,9)10/h5H,2-4,11H2,1H3,(H,12,13). The van der Waals surface area contributed by atoms with E-state index in [4.69, 9.17) is 5.73 Å². The molecule has 0 aliphatic rings. The Bertz CT molecular complexity index is 170. The topological polar surface area (TPSA) is 55.1 Å². The number of nitrogens with two attached hydrogens (primary N) is 1. The van der Waals surface area contributed by atoms with E-state index in [-0.39, 0.29) is 12.5 Å². The molecule has 3 N–H and O–H groups in total. The quantitative estimate of drug-likeness (QED) is 0.696. The third-order valence-corrected chi connectivity index (χ3v) is 1.41. The van der Waals surface area contributed by atoms with E-state index in [1.165, 1.54) is 0 Å². The lowest BCUT2D eigenvalue weighted by Crippen LogP contribution is -2.33. The first kappa shape index (κ1) is 12.2. The predicted octanol–water partition coefficient (Wildman–Crippen LogP) is 0.650. The van der Waals surface area contributed by atoms with Crippen LogP contribution in [0.4, 0.5) is 13.2 Å². The number of carbonyl (C=O) groups is 1. The normalized spacial score (nSPS) is 13.9. The molecular weight excluding hydrogens is 185 g/mol. The second kappa shape index (κ2) is 5.06. The first-order valence-electron chi connectivity index (χ1n) is 3.88. The van der Waals surface area contributed by atoms with Crippen molar-refractivity contribution < 1.29 is 18.0 Å². The van der Waals surface area contributed by atoms with Crippen LogP contribution in [0.1, 0.15) is 13.3 Å². The number of hydrogen-bond donors (Lipinski definition) is 2. The molecule has 0 aliphatic carbocycles. The Hall–Kier alpha value is -0.780. The highest BCUT2D eigenvalue weighted by Crippen LogP contribution is 2.18. The van der Waals surface area contributed by atoms with Crippen molar-refractivity contribution in [3.8, 4) is 0 Å². The summed E-state index contributed by atoms with van der Waals surface area (Å²) in [5.74, 6) is -1.01. The number of rotatable bonds is 4. The second-order valence-electron chi connectivity index (χ2n) is 2.94. The molecule has 0 aromatic carbocycles. The number of halogens is 3. The molecule has 0 heterocycles. The van der Waals surface area contributed by atoms with Gasteiger partial charge in [-0.3, -0.25) is 4.79 Å². The highest BCUT2D eigenvalue weighted by molar-refractivity contribution is 5.76. The van der Waals surface area contributed by atoms with Gasteiger partial charge in [-0.25, -0.2) is 0 Å². The average molecular weight is 198 g/mol. The third kappa shape index (κ3) is 7.58. The van der Waals surface area contributed by atoms with Crippen LogP contribution >= 0.6 is 0 Å². The molecule has 3 nitrogen and oxygen atoms in total. The van der Waals surface area contributed by atoms with Crippen molar-refractivity contribution >= 4 is 5.91 Å². The maximum atomic E-state index is 11.6. The van der Waals surface area contributed by atoms with Crippen molar-refractivity contribution in [2.45, 2.75) is 19.5 Å². The molecule has 78 valence electrons. The Balaban J connectivity index is 3.64. The summed E-state index contributed by atoms with van der Waals surface area (Å²) in [6.45, 7) is 2.27. The van der Waals surface area contributed by atoms with Crippen LogP contribution in [0.5, 0.6) is 0 Å². The Morgan fingerprint density at radius 1 is 1.54 bits per heavy atom. The summed E-state index contributed by atoms with van der Waals surface area (Å²) in [6, 6.07) is 0. The zero-order valence-electron chi connectivity index (χ0n) is 7.32. The van der Waals surface area contributed by atoms with Gasteiger partial charge in [0.2, 0.25) is 5.91 Å². The SMILES string of the molecule is CC(CN)CNC(=O)CC(F)(F)F. The largest absolute Gasteiger partial charge is 0.397 e. The smallest absolute Gasteiger partial charge is 0.355 e. The molecule has 1 amide bonds. The zero-order valence-corrected chi connectivity index (χ0v) is 7.32. The Morgan fingerprint density at radius 3 is 2.46 bits per heavy atom. The maximum absolute atomic E-state index is 11.6. The van der Waals surface area contributed by atoms with Gasteiger partial charge < -0.3 is 11.1 Å². The van der Waals surface area contributed by atoms with Crippen molar-refractivity contribution in [2.75, 3.05) is 13.1 Å². The lowest BCUT2D eigenvalue weighted by atomic mass is 10.2. The molecule has 0 rings (SSSR count). The van der Waals surface area contributed by atoms with E-state index in [1.54, 1.807) is 6.92 Å². The van der Waals surface area contributed by atoms with Gasteiger partial charge in [0.15, 0.2) is 0 Å².